The van der Waals surface area contributed by atoms with Gasteiger partial charge in [0.05, 0.1) is 11.4 Å². The van der Waals surface area contributed by atoms with E-state index in [1.807, 2.05) is 5.48 Å². The van der Waals surface area contributed by atoms with Crippen LogP contribution in [0.25, 0.3) is 0 Å². The van der Waals surface area contributed by atoms with Gasteiger partial charge in [0, 0.05) is 0 Å². The van der Waals surface area contributed by atoms with Gasteiger partial charge in [0.2, 0.25) is 0 Å². The first kappa shape index (κ1) is 13.3. The van der Waals surface area contributed by atoms with Crippen molar-refractivity contribution in [3.63, 3.8) is 0 Å². The Hall–Kier alpha value is -1.76. The maximum Gasteiger partial charge on any atom is 0.431 e. The number of hydrogen-bond donors (Lipinski definition) is 3. The van der Waals surface area contributed by atoms with Crippen molar-refractivity contribution in [3.8, 4) is 0 Å². The van der Waals surface area contributed by atoms with Crippen LogP contribution >= 0.6 is 0 Å². The fourth-order valence-corrected chi connectivity index (χ4v) is 1.09. The van der Waals surface area contributed by atoms with E-state index in [2.05, 4.69) is 10.5 Å². The number of nitrogens with zero attached hydrogens (tertiary/aromatic N) is 1. The second-order valence-corrected chi connectivity index (χ2v) is 3.21. The first-order chi connectivity index (χ1) is 7.97. The van der Waals surface area contributed by atoms with Crippen LogP contribution in [0, 0.1) is 0 Å². The molecule has 0 radical (unpaired) electrons. The molecule has 0 saturated carbocycles. The molecular weight excluding hydrogens is 235 g/mol. The highest BCUT2D eigenvalue weighted by molar-refractivity contribution is 5.90. The zero-order chi connectivity index (χ0) is 12.9. The lowest BCUT2D eigenvalue weighted by Gasteiger charge is -2.09. The lowest BCUT2D eigenvalue weighted by molar-refractivity contribution is -0.0603. The maximum atomic E-state index is 12.3. The van der Waals surface area contributed by atoms with Crippen molar-refractivity contribution in [1.82, 2.24) is 0 Å². The molecule has 0 bridgehead atoms. The van der Waals surface area contributed by atoms with Gasteiger partial charge in [0.25, 0.3) is 0 Å². The number of anilines is 2. The molecule has 7 heteroatoms. The molecule has 0 saturated heterocycles. The molecule has 4 nitrogen and oxygen atoms in total. The molecule has 1 aromatic carbocycles. The summed E-state index contributed by atoms with van der Waals surface area (Å²) in [7, 11) is 0. The fraction of sp³-hybridized carbons (Fsp3) is 0.300. The molecule has 0 unspecified atom stereocenters. The van der Waals surface area contributed by atoms with Crippen LogP contribution in [0.4, 0.5) is 24.5 Å². The van der Waals surface area contributed by atoms with Gasteiger partial charge in [-0.2, -0.15) is 18.3 Å². The molecule has 17 heavy (non-hydrogen) atoms. The van der Waals surface area contributed by atoms with Gasteiger partial charge in [0.1, 0.15) is 5.71 Å². The lowest BCUT2D eigenvalue weighted by atomic mass is 10.3. The maximum absolute atomic E-state index is 12.3. The highest BCUT2D eigenvalue weighted by atomic mass is 19.4. The van der Waals surface area contributed by atoms with Crippen molar-refractivity contribution in [2.45, 2.75) is 19.5 Å². The van der Waals surface area contributed by atoms with Gasteiger partial charge in [-0.1, -0.05) is 6.92 Å². The zero-order valence-corrected chi connectivity index (χ0v) is 9.04. The van der Waals surface area contributed by atoms with Gasteiger partial charge in [-0.3, -0.25) is 16.1 Å². The van der Waals surface area contributed by atoms with Gasteiger partial charge >= 0.3 is 6.18 Å². The molecule has 1 aromatic rings. The molecule has 0 heterocycles. The summed E-state index contributed by atoms with van der Waals surface area (Å²) in [5.41, 5.74) is 4.19. The Morgan fingerprint density at radius 1 is 1.24 bits per heavy atom. The van der Waals surface area contributed by atoms with Crippen LogP contribution in [0.3, 0.4) is 0 Å². The van der Waals surface area contributed by atoms with Crippen molar-refractivity contribution in [1.29, 1.82) is 0 Å². The van der Waals surface area contributed by atoms with Gasteiger partial charge in [0.15, 0.2) is 0 Å². The monoisotopic (exact) mass is 247 g/mol. The minimum atomic E-state index is -4.42. The topological polar surface area (TPSA) is 56.7 Å². The standard InChI is InChI=1S/C10H12F3N3O/c1-2-9(10(11,12)13)15-14-7-3-5-8(16-17)6-4-7/h3-6,14,16-17H,2H2,1H3/b15-9+. The third kappa shape index (κ3) is 3.95. The van der Waals surface area contributed by atoms with Crippen LogP contribution in [0.15, 0.2) is 29.4 Å². The van der Waals surface area contributed by atoms with E-state index in [0.717, 1.165) is 0 Å². The third-order valence-electron chi connectivity index (χ3n) is 2.00. The predicted octanol–water partition coefficient (Wildman–Crippen LogP) is 3.23. The zero-order valence-electron chi connectivity index (χ0n) is 9.04. The average Bonchev–Trinajstić information content (AvgIpc) is 2.29. The smallest absolute Gasteiger partial charge is 0.291 e. The van der Waals surface area contributed by atoms with E-state index in [1.165, 1.54) is 31.2 Å². The minimum absolute atomic E-state index is 0.202. The van der Waals surface area contributed by atoms with E-state index in [9.17, 15) is 13.2 Å². The average molecular weight is 247 g/mol. The first-order valence-corrected chi connectivity index (χ1v) is 4.87. The number of hydrogen-bond acceptors (Lipinski definition) is 4. The molecule has 0 aliphatic carbocycles. The van der Waals surface area contributed by atoms with Gasteiger partial charge < -0.3 is 0 Å². The van der Waals surface area contributed by atoms with Crippen molar-refractivity contribution in [2.75, 3.05) is 10.9 Å². The molecular formula is C10H12F3N3O. The summed E-state index contributed by atoms with van der Waals surface area (Å²) >= 11 is 0. The number of benzene rings is 1. The first-order valence-electron chi connectivity index (χ1n) is 4.87. The normalized spacial score (nSPS) is 12.4. The Bertz CT molecular complexity index is 387. The Morgan fingerprint density at radius 2 is 1.76 bits per heavy atom. The molecule has 3 N–H and O–H groups in total. The number of hydrazone groups is 1. The summed E-state index contributed by atoms with van der Waals surface area (Å²) in [6.07, 6.45) is -4.62. The fourth-order valence-electron chi connectivity index (χ4n) is 1.09. The largest absolute Gasteiger partial charge is 0.431 e. The van der Waals surface area contributed by atoms with E-state index in [1.54, 1.807) is 0 Å². The van der Waals surface area contributed by atoms with Crippen LogP contribution in [-0.2, 0) is 0 Å². The Morgan fingerprint density at radius 3 is 2.18 bits per heavy atom. The molecule has 0 aliphatic rings. The third-order valence-corrected chi connectivity index (χ3v) is 2.00. The van der Waals surface area contributed by atoms with E-state index in [4.69, 9.17) is 5.21 Å². The second kappa shape index (κ2) is 5.53. The summed E-state index contributed by atoms with van der Waals surface area (Å²) < 4.78 is 37.0. The van der Waals surface area contributed by atoms with Gasteiger partial charge in [-0.15, -0.1) is 0 Å². The molecule has 0 fully saturated rings. The number of halogens is 3. The van der Waals surface area contributed by atoms with Crippen molar-refractivity contribution in [2.24, 2.45) is 5.10 Å². The number of alkyl halides is 3. The molecule has 0 spiro atoms. The highest BCUT2D eigenvalue weighted by Gasteiger charge is 2.34. The van der Waals surface area contributed by atoms with E-state index < -0.39 is 11.9 Å². The van der Waals surface area contributed by atoms with E-state index in [-0.39, 0.29) is 6.42 Å². The van der Waals surface area contributed by atoms with Gasteiger partial charge in [-0.25, -0.2) is 0 Å². The quantitative estimate of drug-likeness (QED) is 0.565. The Labute approximate surface area is 96.1 Å². The Balaban J connectivity index is 2.73. The van der Waals surface area contributed by atoms with E-state index in [0.29, 0.717) is 11.4 Å². The van der Waals surface area contributed by atoms with Crippen LogP contribution < -0.4 is 10.9 Å². The van der Waals surface area contributed by atoms with Crippen LogP contribution in [0.2, 0.25) is 0 Å². The Kier molecular flexibility index (Phi) is 4.33. The van der Waals surface area contributed by atoms with Crippen LogP contribution in [0.1, 0.15) is 13.3 Å². The second-order valence-electron chi connectivity index (χ2n) is 3.21. The molecule has 0 aromatic heterocycles. The lowest BCUT2D eigenvalue weighted by Crippen LogP contribution is -2.23. The van der Waals surface area contributed by atoms with Crippen molar-refractivity contribution < 1.29 is 18.4 Å². The van der Waals surface area contributed by atoms with Gasteiger partial charge in [-0.05, 0) is 30.7 Å². The summed E-state index contributed by atoms with van der Waals surface area (Å²) in [6.45, 7) is 1.38. The molecule has 0 amide bonds. The summed E-state index contributed by atoms with van der Waals surface area (Å²) in [5, 5.41) is 11.8. The summed E-state index contributed by atoms with van der Waals surface area (Å²) in [6, 6.07) is 5.98. The van der Waals surface area contributed by atoms with Crippen molar-refractivity contribution in [3.05, 3.63) is 24.3 Å². The molecule has 94 valence electrons. The van der Waals surface area contributed by atoms with Crippen molar-refractivity contribution >= 4 is 17.1 Å². The summed E-state index contributed by atoms with van der Waals surface area (Å²) in [5.74, 6) is 0. The highest BCUT2D eigenvalue weighted by Crippen LogP contribution is 2.20. The minimum Gasteiger partial charge on any atom is -0.291 e. The number of rotatable bonds is 4. The predicted molar refractivity (Wildman–Crippen MR) is 59.3 cm³/mol. The van der Waals surface area contributed by atoms with E-state index >= 15 is 0 Å². The molecule has 0 atom stereocenters. The van der Waals surface area contributed by atoms with Crippen LogP contribution in [0.5, 0.6) is 0 Å². The van der Waals surface area contributed by atoms with Crippen LogP contribution in [-0.4, -0.2) is 17.1 Å². The molecule has 0 aliphatic heterocycles. The molecule has 1 rings (SSSR count). The summed E-state index contributed by atoms with van der Waals surface area (Å²) in [4.78, 5) is 0. The SMILES string of the molecule is CC/C(=N\Nc1ccc(NO)cc1)C(F)(F)F. The number of nitrogens with one attached hydrogen (secondary N) is 2.